The van der Waals surface area contributed by atoms with Crippen molar-refractivity contribution < 1.29 is 22.7 Å². The summed E-state index contributed by atoms with van der Waals surface area (Å²) in [6.45, 7) is 3.20. The van der Waals surface area contributed by atoms with E-state index in [1.807, 2.05) is 25.1 Å². The maximum atomic E-state index is 12.9. The van der Waals surface area contributed by atoms with Gasteiger partial charge in [-0.15, -0.1) is 11.8 Å². The quantitative estimate of drug-likeness (QED) is 0.743. The molecule has 0 spiro atoms. The van der Waals surface area contributed by atoms with Crippen LogP contribution in [-0.2, 0) is 21.2 Å². The predicted molar refractivity (Wildman–Crippen MR) is 111 cm³/mol. The van der Waals surface area contributed by atoms with E-state index in [4.69, 9.17) is 14.6 Å². The summed E-state index contributed by atoms with van der Waals surface area (Å²) in [5.74, 6) is 1.67. The third-order valence-corrected chi connectivity index (χ3v) is 6.83. The van der Waals surface area contributed by atoms with Gasteiger partial charge in [0, 0.05) is 23.0 Å². The summed E-state index contributed by atoms with van der Waals surface area (Å²) in [6, 6.07) is 10.3. The number of carbonyl (C=O) groups excluding carboxylic acids is 1. The van der Waals surface area contributed by atoms with Gasteiger partial charge in [0.1, 0.15) is 0 Å². The maximum absolute atomic E-state index is 12.9. The van der Waals surface area contributed by atoms with E-state index in [9.17, 15) is 13.2 Å². The third-order valence-electron chi connectivity index (χ3n) is 4.95. The molecule has 2 heterocycles. The van der Waals surface area contributed by atoms with Gasteiger partial charge in [-0.2, -0.15) is 0 Å². The Kier molecular flexibility index (Phi) is 5.46. The van der Waals surface area contributed by atoms with E-state index in [0.29, 0.717) is 25.4 Å². The van der Waals surface area contributed by atoms with Crippen LogP contribution >= 0.6 is 11.8 Å². The van der Waals surface area contributed by atoms with Gasteiger partial charge in [0.15, 0.2) is 11.5 Å². The Morgan fingerprint density at radius 1 is 1.17 bits per heavy atom. The van der Waals surface area contributed by atoms with Crippen LogP contribution in [0.2, 0.25) is 0 Å². The molecule has 154 valence electrons. The Morgan fingerprint density at radius 2 is 1.93 bits per heavy atom. The minimum absolute atomic E-state index is 0.0308. The maximum Gasteiger partial charge on any atom is 0.238 e. The minimum Gasteiger partial charge on any atom is -0.490 e. The van der Waals surface area contributed by atoms with Crippen LogP contribution in [0.25, 0.3) is 0 Å². The van der Waals surface area contributed by atoms with Gasteiger partial charge in [0.05, 0.1) is 23.9 Å². The number of nitrogens with zero attached hydrogens (tertiary/aromatic N) is 1. The van der Waals surface area contributed by atoms with Crippen molar-refractivity contribution in [2.24, 2.45) is 5.14 Å². The van der Waals surface area contributed by atoms with Crippen LogP contribution in [0.15, 0.2) is 46.2 Å². The smallest absolute Gasteiger partial charge is 0.238 e. The highest BCUT2D eigenvalue weighted by Crippen LogP contribution is 2.36. The van der Waals surface area contributed by atoms with Crippen LogP contribution in [0.3, 0.4) is 0 Å². The molecule has 0 bridgehead atoms. The Morgan fingerprint density at radius 3 is 2.69 bits per heavy atom. The van der Waals surface area contributed by atoms with Crippen LogP contribution in [0.5, 0.6) is 11.5 Å². The van der Waals surface area contributed by atoms with E-state index in [2.05, 4.69) is 0 Å². The van der Waals surface area contributed by atoms with Crippen LogP contribution in [-0.4, -0.2) is 39.3 Å². The minimum atomic E-state index is -3.77. The molecule has 0 saturated heterocycles. The van der Waals surface area contributed by atoms with Gasteiger partial charge >= 0.3 is 0 Å². The summed E-state index contributed by atoms with van der Waals surface area (Å²) >= 11 is 1.44. The van der Waals surface area contributed by atoms with E-state index < -0.39 is 10.0 Å². The van der Waals surface area contributed by atoms with Crippen LogP contribution in [0, 0.1) is 0 Å². The number of ether oxygens (including phenoxy) is 2. The summed E-state index contributed by atoms with van der Waals surface area (Å²) in [5, 5.41) is 5.22. The number of fused-ring (bicyclic) bond motifs is 2. The Bertz CT molecular complexity index is 1050. The largest absolute Gasteiger partial charge is 0.490 e. The van der Waals surface area contributed by atoms with E-state index in [-0.39, 0.29) is 22.6 Å². The molecule has 4 rings (SSSR count). The molecule has 1 atom stereocenters. The lowest BCUT2D eigenvalue weighted by molar-refractivity contribution is -0.116. The molecule has 0 fully saturated rings. The number of amides is 1. The standard InChI is InChI=1S/C20H22N2O5S2/c1-13-9-14-10-16(29(21,24)25)4-5-17(14)22(13)20(23)12-28-15-3-6-18-19(11-15)27-8-2-7-26-18/h3-6,10-11,13H,2,7-9,12H2,1H3,(H2,21,24,25). The topological polar surface area (TPSA) is 98.9 Å². The van der Waals surface area contributed by atoms with Gasteiger partial charge in [-0.05, 0) is 55.3 Å². The second kappa shape index (κ2) is 7.89. The van der Waals surface area contributed by atoms with Crippen molar-refractivity contribution in [2.75, 3.05) is 23.9 Å². The molecule has 2 aromatic carbocycles. The first-order chi connectivity index (χ1) is 13.8. The van der Waals surface area contributed by atoms with Crippen molar-refractivity contribution in [2.45, 2.75) is 35.6 Å². The molecular formula is C20H22N2O5S2. The van der Waals surface area contributed by atoms with Gasteiger partial charge in [0.25, 0.3) is 0 Å². The number of benzene rings is 2. The van der Waals surface area contributed by atoms with E-state index >= 15 is 0 Å². The fraction of sp³-hybridized carbons (Fsp3) is 0.350. The molecule has 29 heavy (non-hydrogen) atoms. The lowest BCUT2D eigenvalue weighted by Gasteiger charge is -2.22. The first-order valence-electron chi connectivity index (χ1n) is 9.33. The number of carbonyl (C=O) groups is 1. The lowest BCUT2D eigenvalue weighted by atomic mass is 10.1. The number of anilines is 1. The predicted octanol–water partition coefficient (Wildman–Crippen LogP) is 2.57. The van der Waals surface area contributed by atoms with Gasteiger partial charge in [-0.3, -0.25) is 4.79 Å². The molecule has 7 nitrogen and oxygen atoms in total. The van der Waals surface area contributed by atoms with Crippen LogP contribution in [0.1, 0.15) is 18.9 Å². The van der Waals surface area contributed by atoms with Gasteiger partial charge in [-0.1, -0.05) is 0 Å². The molecule has 2 N–H and O–H groups in total. The number of thioether (sulfide) groups is 1. The van der Waals surface area contributed by atoms with Gasteiger partial charge in [-0.25, -0.2) is 13.6 Å². The van der Waals surface area contributed by atoms with Crippen molar-refractivity contribution in [1.82, 2.24) is 0 Å². The van der Waals surface area contributed by atoms with E-state index in [1.165, 1.54) is 17.8 Å². The first-order valence-corrected chi connectivity index (χ1v) is 11.9. The average Bonchev–Trinajstić information content (AvgIpc) is 2.84. The normalized spacial score (nSPS) is 18.3. The SMILES string of the molecule is CC1Cc2cc(S(N)(=O)=O)ccc2N1C(=O)CSc1ccc2c(c1)OCCCO2. The van der Waals surface area contributed by atoms with E-state index in [0.717, 1.165) is 28.3 Å². The summed E-state index contributed by atoms with van der Waals surface area (Å²) < 4.78 is 34.5. The molecule has 2 aromatic rings. The number of rotatable bonds is 4. The fourth-order valence-corrected chi connectivity index (χ4v) is 4.96. The Balaban J connectivity index is 1.48. The van der Waals surface area contributed by atoms with Crippen LogP contribution < -0.4 is 19.5 Å². The Labute approximate surface area is 174 Å². The molecule has 0 radical (unpaired) electrons. The number of hydrogen-bond donors (Lipinski definition) is 1. The zero-order chi connectivity index (χ0) is 20.6. The average molecular weight is 435 g/mol. The summed E-state index contributed by atoms with van der Waals surface area (Å²) in [5.41, 5.74) is 1.56. The monoisotopic (exact) mass is 434 g/mol. The molecular weight excluding hydrogens is 412 g/mol. The second-order valence-electron chi connectivity index (χ2n) is 7.10. The number of sulfonamides is 1. The highest BCUT2D eigenvalue weighted by molar-refractivity contribution is 8.00. The number of nitrogens with two attached hydrogens (primary N) is 1. The van der Waals surface area contributed by atoms with Crippen molar-refractivity contribution in [1.29, 1.82) is 0 Å². The highest BCUT2D eigenvalue weighted by atomic mass is 32.2. The molecule has 0 aromatic heterocycles. The zero-order valence-electron chi connectivity index (χ0n) is 16.0. The molecule has 9 heteroatoms. The van der Waals surface area contributed by atoms with E-state index in [1.54, 1.807) is 17.0 Å². The van der Waals surface area contributed by atoms with Gasteiger partial charge < -0.3 is 14.4 Å². The van der Waals surface area contributed by atoms with Crippen molar-refractivity contribution >= 4 is 33.4 Å². The molecule has 1 unspecified atom stereocenters. The van der Waals surface area contributed by atoms with Crippen molar-refractivity contribution in [3.63, 3.8) is 0 Å². The number of hydrogen-bond acceptors (Lipinski definition) is 6. The number of primary sulfonamides is 1. The molecule has 0 aliphatic carbocycles. The summed E-state index contributed by atoms with van der Waals surface area (Å²) in [4.78, 5) is 15.7. The molecule has 2 aliphatic rings. The second-order valence-corrected chi connectivity index (χ2v) is 9.71. The molecule has 1 amide bonds. The zero-order valence-corrected chi connectivity index (χ0v) is 17.6. The van der Waals surface area contributed by atoms with Crippen molar-refractivity contribution in [3.8, 4) is 11.5 Å². The van der Waals surface area contributed by atoms with Crippen LogP contribution in [0.4, 0.5) is 5.69 Å². The lowest BCUT2D eigenvalue weighted by Crippen LogP contribution is -2.36. The highest BCUT2D eigenvalue weighted by Gasteiger charge is 2.31. The third kappa shape index (κ3) is 4.22. The van der Waals surface area contributed by atoms with Crippen molar-refractivity contribution in [3.05, 3.63) is 42.0 Å². The fourth-order valence-electron chi connectivity index (χ4n) is 3.61. The molecule has 0 saturated carbocycles. The summed E-state index contributed by atoms with van der Waals surface area (Å²) in [7, 11) is -3.77. The molecule has 2 aliphatic heterocycles. The summed E-state index contributed by atoms with van der Waals surface area (Å²) in [6.07, 6.45) is 1.44. The first kappa shape index (κ1) is 20.1. The van der Waals surface area contributed by atoms with Gasteiger partial charge in [0.2, 0.25) is 15.9 Å². The Hall–Kier alpha value is -2.23.